The van der Waals surface area contributed by atoms with E-state index in [0.29, 0.717) is 37.0 Å². The lowest BCUT2D eigenvalue weighted by atomic mass is 9.46. The van der Waals surface area contributed by atoms with Gasteiger partial charge < -0.3 is 10.0 Å². The summed E-state index contributed by atoms with van der Waals surface area (Å²) in [6.45, 7) is 8.08. The zero-order valence-electron chi connectivity index (χ0n) is 22.1. The molecule has 5 rings (SSSR count). The fourth-order valence-electron chi connectivity index (χ4n) is 8.55. The Morgan fingerprint density at radius 3 is 2.41 bits per heavy atom. The van der Waals surface area contributed by atoms with Crippen molar-refractivity contribution in [3.63, 3.8) is 0 Å². The van der Waals surface area contributed by atoms with E-state index in [1.54, 1.807) is 0 Å². The maximum absolute atomic E-state index is 13.1. The second kappa shape index (κ2) is 9.49. The van der Waals surface area contributed by atoms with Gasteiger partial charge >= 0.3 is 6.18 Å². The molecule has 6 heteroatoms. The predicted molar refractivity (Wildman–Crippen MR) is 139 cm³/mol. The first-order valence-electron chi connectivity index (χ1n) is 13.9. The van der Waals surface area contributed by atoms with Gasteiger partial charge in [-0.05, 0) is 106 Å². The Balaban J connectivity index is 1.57. The molecule has 0 amide bonds. The summed E-state index contributed by atoms with van der Waals surface area (Å²) in [4.78, 5) is 14.5. The summed E-state index contributed by atoms with van der Waals surface area (Å²) in [7, 11) is 0. The quantitative estimate of drug-likeness (QED) is 0.458. The number of allylic oxidation sites excluding steroid dienone is 1. The van der Waals surface area contributed by atoms with E-state index in [0.717, 1.165) is 38.0 Å². The number of carbonyl (C=O) groups excluding carboxylic acids is 1. The van der Waals surface area contributed by atoms with Crippen molar-refractivity contribution in [1.29, 1.82) is 0 Å². The molecule has 37 heavy (non-hydrogen) atoms. The lowest BCUT2D eigenvalue weighted by Gasteiger charge is -2.58. The van der Waals surface area contributed by atoms with Crippen molar-refractivity contribution in [2.75, 3.05) is 18.0 Å². The number of ketones is 1. The average Bonchev–Trinajstić information content (AvgIpc) is 3.13. The minimum atomic E-state index is -4.62. The Labute approximate surface area is 218 Å². The summed E-state index contributed by atoms with van der Waals surface area (Å²) in [5, 5.41) is 11.7. The number of hydrogen-bond donors (Lipinski definition) is 1. The SMILES string of the molecule is CCN(CC)c1ccc([C@H]2C[C@@]3(C)[C@@H](CC[C@@]3(O)C#CC(F)(F)F)C3CCC4=CC(=O)CC[C@@H]4[C@H]32)cc1. The van der Waals surface area contributed by atoms with Crippen LogP contribution in [0.5, 0.6) is 0 Å². The fourth-order valence-corrected chi connectivity index (χ4v) is 8.55. The lowest BCUT2D eigenvalue weighted by Crippen LogP contribution is -2.54. The van der Waals surface area contributed by atoms with E-state index in [9.17, 15) is 23.1 Å². The third kappa shape index (κ3) is 4.52. The molecule has 7 atom stereocenters. The summed E-state index contributed by atoms with van der Waals surface area (Å²) in [6.07, 6.45) is 2.01. The molecule has 0 radical (unpaired) electrons. The third-order valence-electron chi connectivity index (χ3n) is 10.3. The zero-order valence-corrected chi connectivity index (χ0v) is 22.1. The molecule has 0 aromatic heterocycles. The highest BCUT2D eigenvalue weighted by Gasteiger charge is 2.64. The molecule has 1 aromatic carbocycles. The monoisotopic (exact) mass is 513 g/mol. The van der Waals surface area contributed by atoms with Gasteiger partial charge in [0.15, 0.2) is 5.78 Å². The van der Waals surface area contributed by atoms with E-state index in [1.165, 1.54) is 17.1 Å². The van der Waals surface area contributed by atoms with E-state index < -0.39 is 17.2 Å². The molecule has 0 bridgehead atoms. The Kier molecular flexibility index (Phi) is 6.76. The van der Waals surface area contributed by atoms with Gasteiger partial charge in [-0.2, -0.15) is 13.2 Å². The van der Waals surface area contributed by atoms with Crippen LogP contribution in [0.2, 0.25) is 0 Å². The Bertz CT molecular complexity index is 1130. The minimum Gasteiger partial charge on any atom is -0.377 e. The largest absolute Gasteiger partial charge is 0.457 e. The van der Waals surface area contributed by atoms with Crippen LogP contribution in [0.3, 0.4) is 0 Å². The van der Waals surface area contributed by atoms with Crippen molar-refractivity contribution in [2.45, 2.75) is 83.4 Å². The van der Waals surface area contributed by atoms with E-state index in [-0.39, 0.29) is 24.0 Å². The normalized spacial score (nSPS) is 37.0. The minimum absolute atomic E-state index is 0.0937. The van der Waals surface area contributed by atoms with Crippen LogP contribution in [0.25, 0.3) is 0 Å². The smallest absolute Gasteiger partial charge is 0.377 e. The van der Waals surface area contributed by atoms with Gasteiger partial charge in [-0.25, -0.2) is 0 Å². The van der Waals surface area contributed by atoms with Crippen molar-refractivity contribution >= 4 is 11.5 Å². The lowest BCUT2D eigenvalue weighted by molar-refractivity contribution is -0.117. The molecule has 0 spiro atoms. The number of aliphatic hydroxyl groups is 1. The van der Waals surface area contributed by atoms with Crippen LogP contribution in [0.1, 0.15) is 77.2 Å². The van der Waals surface area contributed by atoms with Gasteiger partial charge in [-0.1, -0.05) is 30.6 Å². The van der Waals surface area contributed by atoms with Gasteiger partial charge in [0.2, 0.25) is 0 Å². The Hall–Kier alpha value is -2.26. The number of nitrogens with zero attached hydrogens (tertiary/aromatic N) is 1. The van der Waals surface area contributed by atoms with E-state index in [2.05, 4.69) is 48.9 Å². The second-order valence-corrected chi connectivity index (χ2v) is 11.9. The van der Waals surface area contributed by atoms with Crippen molar-refractivity contribution in [3.05, 3.63) is 41.5 Å². The Morgan fingerprint density at radius 2 is 1.76 bits per heavy atom. The standard InChI is InChI=1S/C31H38F3NO2/c1-4-35(5-2)22-9-6-20(7-10-22)26-19-29(3)27(14-15-30(29,37)16-17-31(32,33)34)25-12-8-21-18-23(36)11-13-24(21)28(25)26/h6-7,9-10,18,24-28,37H,4-5,8,11-15,19H2,1-3H3/t24-,25?,26+,27-,28+,29-,30+/m0/s1. The number of benzene rings is 1. The molecule has 1 aromatic rings. The molecule has 0 saturated heterocycles. The first-order valence-corrected chi connectivity index (χ1v) is 13.9. The first kappa shape index (κ1) is 26.4. The molecule has 0 aliphatic heterocycles. The van der Waals surface area contributed by atoms with E-state index >= 15 is 0 Å². The van der Waals surface area contributed by atoms with Gasteiger partial charge in [0, 0.05) is 36.5 Å². The topological polar surface area (TPSA) is 40.5 Å². The Morgan fingerprint density at radius 1 is 1.05 bits per heavy atom. The summed E-state index contributed by atoms with van der Waals surface area (Å²) in [5.41, 5.74) is 1.22. The highest BCUT2D eigenvalue weighted by molar-refractivity contribution is 5.91. The maximum atomic E-state index is 13.1. The third-order valence-corrected chi connectivity index (χ3v) is 10.3. The van der Waals surface area contributed by atoms with Crippen molar-refractivity contribution in [3.8, 4) is 11.8 Å². The average molecular weight is 514 g/mol. The second-order valence-electron chi connectivity index (χ2n) is 11.9. The number of rotatable bonds is 4. The summed E-state index contributed by atoms with van der Waals surface area (Å²) < 4.78 is 39.3. The molecule has 1 N–H and O–H groups in total. The number of alkyl halides is 3. The predicted octanol–water partition coefficient (Wildman–Crippen LogP) is 6.66. The van der Waals surface area contributed by atoms with Gasteiger partial charge in [0.05, 0.1) is 0 Å². The van der Waals surface area contributed by atoms with Gasteiger partial charge in [-0.15, -0.1) is 0 Å². The molecule has 200 valence electrons. The maximum Gasteiger partial charge on any atom is 0.457 e. The molecule has 3 saturated carbocycles. The number of hydrogen-bond acceptors (Lipinski definition) is 3. The number of fused-ring (bicyclic) bond motifs is 5. The van der Waals surface area contributed by atoms with Crippen LogP contribution in [0.4, 0.5) is 18.9 Å². The van der Waals surface area contributed by atoms with Crippen molar-refractivity contribution in [1.82, 2.24) is 0 Å². The van der Waals surface area contributed by atoms with E-state index in [1.807, 2.05) is 13.0 Å². The number of anilines is 1. The highest BCUT2D eigenvalue weighted by Crippen LogP contribution is 2.68. The summed E-state index contributed by atoms with van der Waals surface area (Å²) in [6, 6.07) is 8.67. The van der Waals surface area contributed by atoms with Crippen molar-refractivity contribution < 1.29 is 23.1 Å². The first-order chi connectivity index (χ1) is 17.5. The zero-order chi connectivity index (χ0) is 26.6. The fraction of sp³-hybridized carbons (Fsp3) is 0.645. The molecular formula is C31H38F3NO2. The molecule has 4 aliphatic rings. The number of halogens is 3. The van der Waals surface area contributed by atoms with E-state index in [4.69, 9.17) is 0 Å². The molecule has 0 heterocycles. The summed E-state index contributed by atoms with van der Waals surface area (Å²) >= 11 is 0. The molecule has 1 unspecified atom stereocenters. The van der Waals surface area contributed by atoms with Crippen LogP contribution < -0.4 is 4.90 Å². The summed E-state index contributed by atoms with van der Waals surface area (Å²) in [5.74, 6) is 5.11. The molecule has 4 aliphatic carbocycles. The van der Waals surface area contributed by atoms with Crippen LogP contribution in [-0.4, -0.2) is 35.8 Å². The molecule has 3 fully saturated rings. The van der Waals surface area contributed by atoms with Gasteiger partial charge in [0.25, 0.3) is 0 Å². The van der Waals surface area contributed by atoms with Crippen LogP contribution >= 0.6 is 0 Å². The molecule has 3 nitrogen and oxygen atoms in total. The van der Waals surface area contributed by atoms with Crippen LogP contribution in [0.15, 0.2) is 35.9 Å². The van der Waals surface area contributed by atoms with Crippen LogP contribution in [-0.2, 0) is 4.79 Å². The highest BCUT2D eigenvalue weighted by atomic mass is 19.4. The van der Waals surface area contributed by atoms with Gasteiger partial charge in [0.1, 0.15) is 5.60 Å². The number of carbonyl (C=O) groups is 1. The van der Waals surface area contributed by atoms with Crippen LogP contribution in [0, 0.1) is 40.9 Å². The van der Waals surface area contributed by atoms with Gasteiger partial charge in [-0.3, -0.25) is 4.79 Å². The van der Waals surface area contributed by atoms with Crippen molar-refractivity contribution in [2.24, 2.45) is 29.1 Å². The molecular weight excluding hydrogens is 475 g/mol.